The summed E-state index contributed by atoms with van der Waals surface area (Å²) >= 11 is 6.30. The average molecular weight is 565 g/mol. The van der Waals surface area contributed by atoms with Crippen molar-refractivity contribution in [3.8, 4) is 23.1 Å². The van der Waals surface area contributed by atoms with E-state index in [-0.39, 0.29) is 29.5 Å². The first-order valence-electron chi connectivity index (χ1n) is 11.2. The molecule has 10 nitrogen and oxygen atoms in total. The van der Waals surface area contributed by atoms with Crippen LogP contribution >= 0.6 is 24.0 Å². The third-order valence-corrected chi connectivity index (χ3v) is 5.85. The maximum atomic E-state index is 12.3. The minimum Gasteiger partial charge on any atom is -0.480 e. The number of aromatic nitrogens is 2. The number of nitrogens with two attached hydrogens (primary N) is 2. The molecule has 0 aliphatic carbocycles. The molecule has 0 aliphatic rings. The summed E-state index contributed by atoms with van der Waals surface area (Å²) in [4.78, 5) is 44.0. The van der Waals surface area contributed by atoms with Crippen molar-refractivity contribution in [2.75, 3.05) is 6.54 Å². The van der Waals surface area contributed by atoms with Crippen LogP contribution in [0.3, 0.4) is 0 Å². The molecule has 0 bridgehead atoms. The highest BCUT2D eigenvalue weighted by Gasteiger charge is 2.15. The number of rotatable bonds is 6. The Morgan fingerprint density at radius 3 is 2.44 bits per heavy atom. The van der Waals surface area contributed by atoms with E-state index >= 15 is 0 Å². The number of nitrogen functional groups attached to an aromatic ring is 1. The van der Waals surface area contributed by atoms with Gasteiger partial charge in [0.1, 0.15) is 6.04 Å². The number of pyridine rings is 2. The summed E-state index contributed by atoms with van der Waals surface area (Å²) in [5.74, 6) is 9.19. The van der Waals surface area contributed by atoms with E-state index in [2.05, 4.69) is 32.6 Å². The summed E-state index contributed by atoms with van der Waals surface area (Å²) in [6.07, 6.45) is 3.16. The predicted molar refractivity (Wildman–Crippen MR) is 149 cm³/mol. The van der Waals surface area contributed by atoms with Crippen LogP contribution in [0.15, 0.2) is 67.0 Å². The van der Waals surface area contributed by atoms with Gasteiger partial charge in [0, 0.05) is 46.6 Å². The fraction of sp³-hybridized carbons (Fsp3) is 0.0741. The first-order valence-corrected chi connectivity index (χ1v) is 11.6. The minimum absolute atomic E-state index is 0. The van der Waals surface area contributed by atoms with Crippen LogP contribution in [0.25, 0.3) is 22.2 Å². The predicted octanol–water partition coefficient (Wildman–Crippen LogP) is 2.52. The van der Waals surface area contributed by atoms with Gasteiger partial charge >= 0.3 is 5.97 Å². The number of carbonyl (C=O) groups excluding carboxylic acids is 2. The quantitative estimate of drug-likeness (QED) is 0.103. The lowest BCUT2D eigenvalue weighted by Gasteiger charge is -2.09. The molecule has 4 aromatic rings. The highest BCUT2D eigenvalue weighted by molar-refractivity contribution is 6.32. The summed E-state index contributed by atoms with van der Waals surface area (Å²) in [5, 5.41) is 12.1. The van der Waals surface area contributed by atoms with Crippen molar-refractivity contribution >= 4 is 52.7 Å². The molecule has 12 heteroatoms. The summed E-state index contributed by atoms with van der Waals surface area (Å²) in [5.41, 5.74) is 11.3. The van der Waals surface area contributed by atoms with Gasteiger partial charge in [-0.2, -0.15) is 0 Å². The average Bonchev–Trinajstić information content (AvgIpc) is 2.94. The third kappa shape index (κ3) is 6.87. The third-order valence-electron chi connectivity index (χ3n) is 5.54. The lowest BCUT2D eigenvalue weighted by atomic mass is 10.0. The van der Waals surface area contributed by atoms with Gasteiger partial charge in [-0.25, -0.2) is 10.8 Å². The number of aliphatic carboxylic acids is 1. The van der Waals surface area contributed by atoms with Gasteiger partial charge < -0.3 is 16.2 Å². The largest absolute Gasteiger partial charge is 0.480 e. The van der Waals surface area contributed by atoms with E-state index in [0.717, 1.165) is 5.56 Å². The van der Waals surface area contributed by atoms with Crippen LogP contribution in [0.1, 0.15) is 31.8 Å². The molecule has 7 N–H and O–H groups in total. The van der Waals surface area contributed by atoms with E-state index in [9.17, 15) is 14.4 Å². The van der Waals surface area contributed by atoms with Crippen LogP contribution in [0, 0.1) is 11.8 Å². The molecule has 0 fully saturated rings. The van der Waals surface area contributed by atoms with Crippen LogP contribution in [-0.2, 0) is 4.79 Å². The van der Waals surface area contributed by atoms with Crippen LogP contribution in [-0.4, -0.2) is 45.4 Å². The van der Waals surface area contributed by atoms with Gasteiger partial charge in [0.2, 0.25) is 0 Å². The Hall–Kier alpha value is -4.53. The van der Waals surface area contributed by atoms with Gasteiger partial charge in [0.15, 0.2) is 0 Å². The van der Waals surface area contributed by atoms with Crippen molar-refractivity contribution in [3.05, 3.63) is 94.3 Å². The normalized spacial score (nSPS) is 10.9. The van der Waals surface area contributed by atoms with E-state index in [1.54, 1.807) is 30.6 Å². The fourth-order valence-corrected chi connectivity index (χ4v) is 3.72. The molecule has 0 spiro atoms. The molecule has 39 heavy (non-hydrogen) atoms. The maximum Gasteiger partial charge on any atom is 0.322 e. The Bertz CT molecular complexity index is 1620. The van der Waals surface area contributed by atoms with Gasteiger partial charge in [0.05, 0.1) is 21.8 Å². The van der Waals surface area contributed by atoms with E-state index < -0.39 is 23.8 Å². The summed E-state index contributed by atoms with van der Waals surface area (Å²) in [6.45, 7) is -0.212. The van der Waals surface area contributed by atoms with Gasteiger partial charge in [-0.1, -0.05) is 35.6 Å². The van der Waals surface area contributed by atoms with Gasteiger partial charge in [-0.15, -0.1) is 12.4 Å². The topological polar surface area (TPSA) is 173 Å². The second kappa shape index (κ2) is 12.8. The van der Waals surface area contributed by atoms with Crippen LogP contribution in [0.4, 0.5) is 0 Å². The Labute approximate surface area is 234 Å². The van der Waals surface area contributed by atoms with Crippen LogP contribution in [0.5, 0.6) is 0 Å². The molecule has 0 saturated carbocycles. The first-order chi connectivity index (χ1) is 18.3. The number of hydrogen-bond donors (Lipinski definition) is 5. The number of carboxylic acids is 1. The number of nitrogens with zero attached hydrogens (tertiary/aromatic N) is 2. The zero-order chi connectivity index (χ0) is 27.2. The Morgan fingerprint density at radius 2 is 1.77 bits per heavy atom. The number of hydrogen-bond acceptors (Lipinski definition) is 7. The number of amides is 2. The molecular weight excluding hydrogens is 543 g/mol. The number of fused-ring (bicyclic) bond motifs is 1. The first kappa shape index (κ1) is 29.0. The van der Waals surface area contributed by atoms with Crippen molar-refractivity contribution in [1.82, 2.24) is 20.7 Å². The zero-order valence-corrected chi connectivity index (χ0v) is 21.7. The van der Waals surface area contributed by atoms with E-state index in [0.29, 0.717) is 33.3 Å². The number of hydrazine groups is 1. The van der Waals surface area contributed by atoms with Crippen molar-refractivity contribution in [1.29, 1.82) is 0 Å². The van der Waals surface area contributed by atoms with Crippen LogP contribution in [0.2, 0.25) is 5.02 Å². The van der Waals surface area contributed by atoms with Gasteiger partial charge in [0.25, 0.3) is 11.8 Å². The Kier molecular flexibility index (Phi) is 9.54. The highest BCUT2D eigenvalue weighted by atomic mass is 35.5. The number of carboxylic acid groups (broad SMARTS) is 1. The van der Waals surface area contributed by atoms with Gasteiger partial charge in [-0.05, 0) is 42.5 Å². The summed E-state index contributed by atoms with van der Waals surface area (Å²) < 4.78 is 0. The molecular formula is C27H22Cl2N6O4. The smallest absolute Gasteiger partial charge is 0.322 e. The van der Waals surface area contributed by atoms with Crippen molar-refractivity contribution in [3.63, 3.8) is 0 Å². The van der Waals surface area contributed by atoms with E-state index in [1.807, 2.05) is 24.3 Å². The highest BCUT2D eigenvalue weighted by Crippen LogP contribution is 2.25. The SMILES string of the molecule is Cl.NNC(=O)c1cc(-c2ccc(C#Cc3ccc(C(=O)NCC(N)C(=O)O)cc3Cl)cc2)nc2ccncc12. The van der Waals surface area contributed by atoms with E-state index in [1.165, 1.54) is 12.1 Å². The zero-order valence-electron chi connectivity index (χ0n) is 20.1. The van der Waals surface area contributed by atoms with Crippen molar-refractivity contribution in [2.24, 2.45) is 11.6 Å². The molecule has 1 unspecified atom stereocenters. The number of benzene rings is 2. The molecule has 0 aliphatic heterocycles. The molecule has 4 rings (SSSR count). The monoisotopic (exact) mass is 564 g/mol. The maximum absolute atomic E-state index is 12.3. The second-order valence-electron chi connectivity index (χ2n) is 8.10. The lowest BCUT2D eigenvalue weighted by Crippen LogP contribution is -2.42. The fourth-order valence-electron chi connectivity index (χ4n) is 3.50. The summed E-state index contributed by atoms with van der Waals surface area (Å²) in [6, 6.07) is 14.1. The number of carbonyl (C=O) groups is 3. The molecule has 0 saturated heterocycles. The minimum atomic E-state index is -1.21. The van der Waals surface area contributed by atoms with Gasteiger partial charge in [-0.3, -0.25) is 24.8 Å². The Morgan fingerprint density at radius 1 is 1.03 bits per heavy atom. The Balaban J connectivity index is 0.00000420. The van der Waals surface area contributed by atoms with Crippen LogP contribution < -0.4 is 22.3 Å². The second-order valence-corrected chi connectivity index (χ2v) is 8.51. The molecule has 0 radical (unpaired) electrons. The molecule has 2 heterocycles. The molecule has 2 amide bonds. The molecule has 2 aromatic heterocycles. The van der Waals surface area contributed by atoms with Crippen molar-refractivity contribution < 1.29 is 19.5 Å². The number of nitrogens with one attached hydrogen (secondary N) is 2. The number of halogens is 2. The standard InChI is InChI=1S/C27H21ClN6O4.ClH/c28-21-11-18(25(35)32-14-22(29)27(37)38)8-7-16(21)4-1-15-2-5-17(6-3-15)24-12-19(26(36)34-30)20-13-31-10-9-23(20)33-24;/h2-3,5-13,22H,14,29-30H2,(H,32,35)(H,34,36)(H,37,38);1H. The summed E-state index contributed by atoms with van der Waals surface area (Å²) in [7, 11) is 0. The molecule has 1 atom stereocenters. The van der Waals surface area contributed by atoms with E-state index in [4.69, 9.17) is 28.3 Å². The lowest BCUT2D eigenvalue weighted by molar-refractivity contribution is -0.138. The molecule has 198 valence electrons. The molecule has 2 aromatic carbocycles. The van der Waals surface area contributed by atoms with Crippen molar-refractivity contribution in [2.45, 2.75) is 6.04 Å².